The Kier molecular flexibility index (Phi) is 3.36. The molecule has 0 saturated heterocycles. The predicted molar refractivity (Wildman–Crippen MR) is 92.0 cm³/mol. The molecule has 0 aliphatic heterocycles. The van der Waals surface area contributed by atoms with Gasteiger partial charge in [0, 0.05) is 22.2 Å². The maximum atomic E-state index is 3.60. The minimum atomic E-state index is 0.573. The van der Waals surface area contributed by atoms with Crippen LogP contribution in [0.3, 0.4) is 0 Å². The van der Waals surface area contributed by atoms with E-state index in [9.17, 15) is 0 Å². The summed E-state index contributed by atoms with van der Waals surface area (Å²) in [5.41, 5.74) is 9.18. The highest BCUT2D eigenvalue weighted by Gasteiger charge is 2.12. The SMILES string of the molecule is Cc1ccc2[nH]c(-c3ccc(C(C)C)cc3C)c(C)c2c1. The topological polar surface area (TPSA) is 15.8 Å². The van der Waals surface area contributed by atoms with Crippen molar-refractivity contribution in [2.45, 2.75) is 40.5 Å². The van der Waals surface area contributed by atoms with Gasteiger partial charge in [0.05, 0.1) is 0 Å². The Morgan fingerprint density at radius 3 is 2.33 bits per heavy atom. The van der Waals surface area contributed by atoms with Gasteiger partial charge in [0.25, 0.3) is 0 Å². The molecule has 0 spiro atoms. The molecule has 1 N–H and O–H groups in total. The normalized spacial score (nSPS) is 11.5. The lowest BCUT2D eigenvalue weighted by atomic mass is 9.95. The van der Waals surface area contributed by atoms with Crippen LogP contribution in [0.5, 0.6) is 0 Å². The van der Waals surface area contributed by atoms with Crippen LogP contribution in [-0.2, 0) is 0 Å². The van der Waals surface area contributed by atoms with Gasteiger partial charge in [-0.3, -0.25) is 0 Å². The molecule has 0 radical (unpaired) electrons. The van der Waals surface area contributed by atoms with E-state index in [1.807, 2.05) is 0 Å². The van der Waals surface area contributed by atoms with Crippen molar-refractivity contribution in [3.8, 4) is 11.3 Å². The number of hydrogen-bond donors (Lipinski definition) is 1. The van der Waals surface area contributed by atoms with Crippen molar-refractivity contribution in [2.75, 3.05) is 0 Å². The number of benzene rings is 2. The lowest BCUT2D eigenvalue weighted by Crippen LogP contribution is -1.91. The quantitative estimate of drug-likeness (QED) is 0.601. The van der Waals surface area contributed by atoms with Crippen molar-refractivity contribution in [1.29, 1.82) is 0 Å². The van der Waals surface area contributed by atoms with E-state index in [0.717, 1.165) is 0 Å². The first-order valence-corrected chi connectivity index (χ1v) is 7.67. The summed E-state index contributed by atoms with van der Waals surface area (Å²) in [7, 11) is 0. The van der Waals surface area contributed by atoms with Crippen LogP contribution in [0.25, 0.3) is 22.2 Å². The maximum Gasteiger partial charge on any atom is 0.0497 e. The van der Waals surface area contributed by atoms with Crippen LogP contribution in [-0.4, -0.2) is 4.98 Å². The first-order chi connectivity index (χ1) is 9.97. The van der Waals surface area contributed by atoms with Crippen LogP contribution >= 0.6 is 0 Å². The van der Waals surface area contributed by atoms with Crippen LogP contribution in [0.15, 0.2) is 36.4 Å². The Balaban J connectivity index is 2.18. The smallest absolute Gasteiger partial charge is 0.0497 e. The molecule has 2 aromatic carbocycles. The number of hydrogen-bond acceptors (Lipinski definition) is 0. The average Bonchev–Trinajstić information content (AvgIpc) is 2.76. The van der Waals surface area contributed by atoms with Crippen LogP contribution in [0.1, 0.15) is 42.0 Å². The fourth-order valence-electron chi connectivity index (χ4n) is 3.04. The monoisotopic (exact) mass is 277 g/mol. The molecule has 3 aromatic rings. The highest BCUT2D eigenvalue weighted by atomic mass is 14.7. The van der Waals surface area contributed by atoms with E-state index in [1.165, 1.54) is 44.4 Å². The largest absolute Gasteiger partial charge is 0.354 e. The molecule has 3 rings (SSSR count). The lowest BCUT2D eigenvalue weighted by Gasteiger charge is -2.11. The Labute approximate surface area is 127 Å². The van der Waals surface area contributed by atoms with Crippen molar-refractivity contribution in [3.05, 3.63) is 58.7 Å². The van der Waals surface area contributed by atoms with E-state index in [-0.39, 0.29) is 0 Å². The molecule has 1 heteroatoms. The van der Waals surface area contributed by atoms with Gasteiger partial charge in [-0.25, -0.2) is 0 Å². The zero-order valence-corrected chi connectivity index (χ0v) is 13.5. The highest BCUT2D eigenvalue weighted by Crippen LogP contribution is 2.33. The van der Waals surface area contributed by atoms with E-state index in [4.69, 9.17) is 0 Å². The zero-order valence-electron chi connectivity index (χ0n) is 13.5. The van der Waals surface area contributed by atoms with Crippen LogP contribution in [0.4, 0.5) is 0 Å². The summed E-state index contributed by atoms with van der Waals surface area (Å²) in [4.78, 5) is 3.60. The number of fused-ring (bicyclic) bond motifs is 1. The zero-order chi connectivity index (χ0) is 15.1. The molecule has 0 fully saturated rings. The molecule has 1 aromatic heterocycles. The summed E-state index contributed by atoms with van der Waals surface area (Å²) in [6.45, 7) is 11.0. The summed E-state index contributed by atoms with van der Waals surface area (Å²) in [5, 5.41) is 1.33. The molecular weight excluding hydrogens is 254 g/mol. The summed E-state index contributed by atoms with van der Waals surface area (Å²) in [6, 6.07) is 13.4. The molecule has 0 aliphatic rings. The van der Waals surface area contributed by atoms with Gasteiger partial charge >= 0.3 is 0 Å². The average molecular weight is 277 g/mol. The molecule has 1 nitrogen and oxygen atoms in total. The molecule has 0 unspecified atom stereocenters. The van der Waals surface area contributed by atoms with E-state index in [2.05, 4.69) is 76.0 Å². The molecule has 21 heavy (non-hydrogen) atoms. The van der Waals surface area contributed by atoms with E-state index < -0.39 is 0 Å². The summed E-state index contributed by atoms with van der Waals surface area (Å²) >= 11 is 0. The third-order valence-corrected chi connectivity index (χ3v) is 4.40. The lowest BCUT2D eigenvalue weighted by molar-refractivity contribution is 0.865. The minimum Gasteiger partial charge on any atom is -0.354 e. The summed E-state index contributed by atoms with van der Waals surface area (Å²) in [6.07, 6.45) is 0. The van der Waals surface area contributed by atoms with E-state index in [0.29, 0.717) is 5.92 Å². The molecule has 0 bridgehead atoms. The second-order valence-corrected chi connectivity index (χ2v) is 6.40. The van der Waals surface area contributed by atoms with Gasteiger partial charge in [-0.15, -0.1) is 0 Å². The number of aromatic amines is 1. The fraction of sp³-hybridized carbons (Fsp3) is 0.300. The van der Waals surface area contributed by atoms with Crippen LogP contribution in [0, 0.1) is 20.8 Å². The first-order valence-electron chi connectivity index (χ1n) is 7.67. The molecule has 0 aliphatic carbocycles. The molecule has 0 atom stereocenters. The van der Waals surface area contributed by atoms with Crippen LogP contribution in [0.2, 0.25) is 0 Å². The molecule has 108 valence electrons. The number of aryl methyl sites for hydroxylation is 3. The van der Waals surface area contributed by atoms with Gasteiger partial charge in [-0.05, 0) is 55.5 Å². The third kappa shape index (κ3) is 2.37. The van der Waals surface area contributed by atoms with Crippen LogP contribution < -0.4 is 0 Å². The summed E-state index contributed by atoms with van der Waals surface area (Å²) < 4.78 is 0. The van der Waals surface area contributed by atoms with Gasteiger partial charge in [0.15, 0.2) is 0 Å². The number of H-pyrrole nitrogens is 1. The van der Waals surface area contributed by atoms with Gasteiger partial charge in [-0.1, -0.05) is 43.7 Å². The maximum absolute atomic E-state index is 3.60. The second-order valence-electron chi connectivity index (χ2n) is 6.40. The highest BCUT2D eigenvalue weighted by molar-refractivity contribution is 5.91. The minimum absolute atomic E-state index is 0.573. The Hall–Kier alpha value is -2.02. The summed E-state index contributed by atoms with van der Waals surface area (Å²) in [5.74, 6) is 0.573. The first kappa shape index (κ1) is 13.9. The van der Waals surface area contributed by atoms with Crippen molar-refractivity contribution < 1.29 is 0 Å². The van der Waals surface area contributed by atoms with Crippen molar-refractivity contribution >= 4 is 10.9 Å². The van der Waals surface area contributed by atoms with Gasteiger partial charge in [-0.2, -0.15) is 0 Å². The number of aromatic nitrogens is 1. The van der Waals surface area contributed by atoms with Crippen molar-refractivity contribution in [3.63, 3.8) is 0 Å². The molecule has 0 amide bonds. The Morgan fingerprint density at radius 1 is 0.905 bits per heavy atom. The van der Waals surface area contributed by atoms with Crippen molar-refractivity contribution in [2.24, 2.45) is 0 Å². The van der Waals surface area contributed by atoms with E-state index >= 15 is 0 Å². The number of rotatable bonds is 2. The molecule has 0 saturated carbocycles. The second kappa shape index (κ2) is 5.07. The molecular formula is C20H23N. The fourth-order valence-corrected chi connectivity index (χ4v) is 3.04. The van der Waals surface area contributed by atoms with Gasteiger partial charge < -0.3 is 4.98 Å². The van der Waals surface area contributed by atoms with Gasteiger partial charge in [0.2, 0.25) is 0 Å². The Bertz CT molecular complexity index is 806. The number of nitrogens with one attached hydrogen (secondary N) is 1. The predicted octanol–water partition coefficient (Wildman–Crippen LogP) is 5.88. The van der Waals surface area contributed by atoms with E-state index in [1.54, 1.807) is 0 Å². The van der Waals surface area contributed by atoms with Gasteiger partial charge in [0.1, 0.15) is 0 Å². The Morgan fingerprint density at radius 2 is 1.67 bits per heavy atom. The standard InChI is InChI=1S/C20H23N/c1-12(2)16-7-8-17(14(4)11-16)20-15(5)18-10-13(3)6-9-19(18)21-20/h6-12,21H,1-5H3. The van der Waals surface area contributed by atoms with Crippen molar-refractivity contribution in [1.82, 2.24) is 4.98 Å². The molecule has 1 heterocycles. The third-order valence-electron chi connectivity index (χ3n) is 4.40.